The largest absolute Gasteiger partial charge is 0.493 e. The van der Waals surface area contributed by atoms with E-state index in [0.29, 0.717) is 37.6 Å². The summed E-state index contributed by atoms with van der Waals surface area (Å²) in [7, 11) is 3.16. The maximum atomic E-state index is 12.3. The second-order valence-electron chi connectivity index (χ2n) is 5.91. The van der Waals surface area contributed by atoms with Gasteiger partial charge in [0.15, 0.2) is 11.5 Å². The van der Waals surface area contributed by atoms with Crippen LogP contribution in [0.5, 0.6) is 11.5 Å². The third-order valence-corrected chi connectivity index (χ3v) is 4.31. The highest BCUT2D eigenvalue weighted by atomic mass is 16.5. The first-order valence-electron chi connectivity index (χ1n) is 8.06. The summed E-state index contributed by atoms with van der Waals surface area (Å²) in [5.41, 5.74) is 6.08. The number of para-hydroxylation sites is 1. The van der Waals surface area contributed by atoms with E-state index in [1.165, 1.54) is 0 Å². The quantitative estimate of drug-likeness (QED) is 0.824. The van der Waals surface area contributed by atoms with E-state index >= 15 is 0 Å². The predicted octanol–water partition coefficient (Wildman–Crippen LogP) is 1.50. The highest BCUT2D eigenvalue weighted by Gasteiger charge is 2.23. The fraction of sp³-hybridized carbons (Fsp3) is 0.529. The third kappa shape index (κ3) is 4.53. The Bertz CT molecular complexity index is 583. The molecule has 1 fully saturated rings. The number of piperidine rings is 1. The zero-order valence-corrected chi connectivity index (χ0v) is 14.2. The van der Waals surface area contributed by atoms with E-state index in [0.717, 1.165) is 18.4 Å². The maximum Gasteiger partial charge on any atom is 0.317 e. The van der Waals surface area contributed by atoms with Gasteiger partial charge in [0.2, 0.25) is 5.91 Å². The number of hydrogen-bond donors (Lipinski definition) is 2. The highest BCUT2D eigenvalue weighted by molar-refractivity contribution is 5.75. The summed E-state index contributed by atoms with van der Waals surface area (Å²) in [6, 6.07) is 5.45. The van der Waals surface area contributed by atoms with Crippen LogP contribution in [0, 0.1) is 5.92 Å². The first kappa shape index (κ1) is 17.9. The van der Waals surface area contributed by atoms with E-state index in [1.807, 2.05) is 18.2 Å². The molecular weight excluding hydrogens is 310 g/mol. The van der Waals surface area contributed by atoms with Gasteiger partial charge in [-0.1, -0.05) is 12.1 Å². The lowest BCUT2D eigenvalue weighted by Crippen LogP contribution is -2.44. The maximum absolute atomic E-state index is 12.3. The molecule has 0 atom stereocenters. The Morgan fingerprint density at radius 3 is 2.54 bits per heavy atom. The number of likely N-dealkylation sites (tertiary alicyclic amines) is 1. The Labute approximate surface area is 142 Å². The Balaban J connectivity index is 1.87. The number of carbonyl (C=O) groups is 2. The molecule has 0 aliphatic carbocycles. The molecule has 1 heterocycles. The van der Waals surface area contributed by atoms with Crippen molar-refractivity contribution in [3.8, 4) is 11.5 Å². The van der Waals surface area contributed by atoms with E-state index in [9.17, 15) is 9.59 Å². The molecule has 0 aromatic heterocycles. The van der Waals surface area contributed by atoms with Crippen molar-refractivity contribution in [1.82, 2.24) is 10.2 Å². The molecule has 0 spiro atoms. The third-order valence-electron chi connectivity index (χ3n) is 4.31. The van der Waals surface area contributed by atoms with Crippen molar-refractivity contribution in [2.45, 2.75) is 25.8 Å². The van der Waals surface area contributed by atoms with Crippen LogP contribution >= 0.6 is 0 Å². The Morgan fingerprint density at radius 1 is 1.25 bits per heavy atom. The monoisotopic (exact) mass is 335 g/mol. The number of primary amides is 1. The zero-order valence-electron chi connectivity index (χ0n) is 14.2. The van der Waals surface area contributed by atoms with Gasteiger partial charge in [0.25, 0.3) is 0 Å². The molecule has 2 rings (SSSR count). The summed E-state index contributed by atoms with van der Waals surface area (Å²) < 4.78 is 10.6. The molecule has 132 valence electrons. The van der Waals surface area contributed by atoms with Gasteiger partial charge in [-0.25, -0.2) is 4.79 Å². The summed E-state index contributed by atoms with van der Waals surface area (Å²) in [4.78, 5) is 25.0. The van der Waals surface area contributed by atoms with Gasteiger partial charge < -0.3 is 25.4 Å². The van der Waals surface area contributed by atoms with Crippen molar-refractivity contribution in [2.75, 3.05) is 27.3 Å². The average molecular weight is 335 g/mol. The summed E-state index contributed by atoms with van der Waals surface area (Å²) in [6.07, 6.45) is 2.01. The Morgan fingerprint density at radius 2 is 1.96 bits per heavy atom. The molecule has 0 unspecified atom stereocenters. The first-order valence-corrected chi connectivity index (χ1v) is 8.06. The molecule has 3 amide bonds. The Kier molecular flexibility index (Phi) is 6.28. The van der Waals surface area contributed by atoms with Crippen LogP contribution in [-0.2, 0) is 11.3 Å². The predicted molar refractivity (Wildman–Crippen MR) is 89.9 cm³/mol. The second-order valence-corrected chi connectivity index (χ2v) is 5.91. The van der Waals surface area contributed by atoms with Crippen LogP contribution in [0.3, 0.4) is 0 Å². The lowest BCUT2D eigenvalue weighted by molar-refractivity contribution is -0.119. The van der Waals surface area contributed by atoms with Crippen LogP contribution in [0.1, 0.15) is 24.8 Å². The topological polar surface area (TPSA) is 93.9 Å². The summed E-state index contributed by atoms with van der Waals surface area (Å²) in [5, 5.41) is 2.91. The van der Waals surface area contributed by atoms with Crippen molar-refractivity contribution in [3.63, 3.8) is 0 Å². The van der Waals surface area contributed by atoms with Crippen LogP contribution < -0.4 is 20.5 Å². The van der Waals surface area contributed by atoms with Crippen LogP contribution in [0.4, 0.5) is 4.79 Å². The highest BCUT2D eigenvalue weighted by Crippen LogP contribution is 2.30. The fourth-order valence-corrected chi connectivity index (χ4v) is 3.00. The summed E-state index contributed by atoms with van der Waals surface area (Å²) in [5.74, 6) is 1.27. The SMILES string of the molecule is COc1cccc(CNC(=O)N2CCC(CC(N)=O)CC2)c1OC. The van der Waals surface area contributed by atoms with Gasteiger partial charge in [-0.2, -0.15) is 0 Å². The van der Waals surface area contributed by atoms with Crippen molar-refractivity contribution in [1.29, 1.82) is 0 Å². The number of nitrogens with one attached hydrogen (secondary N) is 1. The van der Waals surface area contributed by atoms with Gasteiger partial charge in [-0.05, 0) is 24.8 Å². The molecule has 1 aliphatic rings. The van der Waals surface area contributed by atoms with Crippen LogP contribution in [-0.4, -0.2) is 44.1 Å². The number of carbonyl (C=O) groups excluding carboxylic acids is 2. The van der Waals surface area contributed by atoms with Crippen molar-refractivity contribution < 1.29 is 19.1 Å². The molecule has 0 saturated carbocycles. The number of ether oxygens (including phenoxy) is 2. The second kappa shape index (κ2) is 8.42. The lowest BCUT2D eigenvalue weighted by Gasteiger charge is -2.31. The Hall–Kier alpha value is -2.44. The van der Waals surface area contributed by atoms with E-state index in [4.69, 9.17) is 15.2 Å². The van der Waals surface area contributed by atoms with Gasteiger partial charge in [-0.15, -0.1) is 0 Å². The molecule has 7 nitrogen and oxygen atoms in total. The molecule has 7 heteroatoms. The molecule has 3 N–H and O–H groups in total. The molecule has 1 aromatic rings. The van der Waals surface area contributed by atoms with Gasteiger partial charge in [0.1, 0.15) is 0 Å². The molecule has 1 aliphatic heterocycles. The zero-order chi connectivity index (χ0) is 17.5. The van der Waals surface area contributed by atoms with Gasteiger partial charge in [-0.3, -0.25) is 4.79 Å². The molecule has 24 heavy (non-hydrogen) atoms. The van der Waals surface area contributed by atoms with Gasteiger partial charge in [0.05, 0.1) is 14.2 Å². The summed E-state index contributed by atoms with van der Waals surface area (Å²) >= 11 is 0. The van der Waals surface area contributed by atoms with Crippen LogP contribution in [0.2, 0.25) is 0 Å². The number of methoxy groups -OCH3 is 2. The number of nitrogens with zero attached hydrogens (tertiary/aromatic N) is 1. The number of amides is 3. The fourth-order valence-electron chi connectivity index (χ4n) is 3.00. The lowest BCUT2D eigenvalue weighted by atomic mass is 9.93. The van der Waals surface area contributed by atoms with E-state index in [-0.39, 0.29) is 17.9 Å². The van der Waals surface area contributed by atoms with Crippen LogP contribution in [0.15, 0.2) is 18.2 Å². The minimum absolute atomic E-state index is 0.114. The first-order chi connectivity index (χ1) is 11.5. The minimum atomic E-state index is -0.275. The van der Waals surface area contributed by atoms with E-state index in [2.05, 4.69) is 5.32 Å². The molecule has 1 aromatic carbocycles. The van der Waals surface area contributed by atoms with Crippen molar-refractivity contribution in [3.05, 3.63) is 23.8 Å². The van der Waals surface area contributed by atoms with Crippen molar-refractivity contribution >= 4 is 11.9 Å². The van der Waals surface area contributed by atoms with Gasteiger partial charge in [0, 0.05) is 31.6 Å². The molecular formula is C17H25N3O4. The number of urea groups is 1. The standard InChI is InChI=1S/C17H25N3O4/c1-23-14-5-3-4-13(16(14)24-2)11-19-17(22)20-8-6-12(7-9-20)10-15(18)21/h3-5,12H,6-11H2,1-2H3,(H2,18,21)(H,19,22). The van der Waals surface area contributed by atoms with Crippen molar-refractivity contribution in [2.24, 2.45) is 11.7 Å². The van der Waals surface area contributed by atoms with Gasteiger partial charge >= 0.3 is 6.03 Å². The van der Waals surface area contributed by atoms with E-state index in [1.54, 1.807) is 19.1 Å². The molecule has 0 bridgehead atoms. The number of nitrogens with two attached hydrogens (primary N) is 1. The number of hydrogen-bond acceptors (Lipinski definition) is 4. The normalized spacial score (nSPS) is 15.0. The van der Waals surface area contributed by atoms with Crippen LogP contribution in [0.25, 0.3) is 0 Å². The molecule has 1 saturated heterocycles. The minimum Gasteiger partial charge on any atom is -0.493 e. The average Bonchev–Trinajstić information content (AvgIpc) is 2.59. The smallest absolute Gasteiger partial charge is 0.317 e. The molecule has 0 radical (unpaired) electrons. The number of rotatable bonds is 6. The summed E-state index contributed by atoms with van der Waals surface area (Å²) in [6.45, 7) is 1.64. The number of benzene rings is 1. The van der Waals surface area contributed by atoms with E-state index < -0.39 is 0 Å².